The monoisotopic (exact) mass is 2020 g/mol. The average molecular weight is 2020 g/mol. The van der Waals surface area contributed by atoms with Gasteiger partial charge in [0.1, 0.15) is 87.1 Å². The molecule has 0 unspecified atom stereocenters. The summed E-state index contributed by atoms with van der Waals surface area (Å²) in [5, 5.41) is 28.1. The molecule has 5 aromatic heterocycles. The van der Waals surface area contributed by atoms with Crippen LogP contribution < -0.4 is 84.5 Å². The topological polar surface area (TPSA) is 282 Å². The third-order valence-electron chi connectivity index (χ3n) is 27.9. The molecule has 11 heterocycles. The van der Waals surface area contributed by atoms with Gasteiger partial charge in [-0.05, 0) is 145 Å². The number of benzene rings is 10. The fourth-order valence-electron chi connectivity index (χ4n) is 19.6. The molecule has 4 saturated heterocycles. The van der Waals surface area contributed by atoms with Gasteiger partial charge < -0.3 is 67.3 Å². The number of hydrogen-bond donors (Lipinski definition) is 1. The van der Waals surface area contributed by atoms with Crippen LogP contribution in [0.1, 0.15) is 77.5 Å². The molecule has 0 amide bonds. The zero-order valence-corrected chi connectivity index (χ0v) is 84.9. The van der Waals surface area contributed by atoms with Crippen molar-refractivity contribution in [1.82, 2.24) is 63.7 Å². The molecule has 1 N–H and O–H groups in total. The lowest BCUT2D eigenvalue weighted by molar-refractivity contribution is 0.171. The molecule has 1 saturated carbocycles. The second-order valence-corrected chi connectivity index (χ2v) is 38.2. The number of phenolic OH excluding ortho intramolecular Hbond substituents is 1. The van der Waals surface area contributed by atoms with Crippen LogP contribution in [0.15, 0.2) is 335 Å². The molecule has 1 aliphatic carbocycles. The molecule has 22 rings (SSSR count). The van der Waals surface area contributed by atoms with E-state index in [-0.39, 0.29) is 46.9 Å². The SMILES string of the molecule is Cc1ccc(CCN2CCN(c3cnn(-c4ccccc4)c(=O)c3OCCC3CCCCC3)CC2)cc1.O=c1c(OCCOc2ccccc2)c(N2CCN(Cc3ccc4c(c3)OCCO4)CC2)cnn1-c1ccccc1.O=c1c(OCc2ccccc2)c(N2CCN(Cc3ccc4c(c3)OCCO4)CC2)cnn1-c1ccccc1.O=c1c(OCc2cccnc2)c(N2CCN(Cc3ccccc3O)CC2)cnn1-c1ccccc1. The van der Waals surface area contributed by atoms with Crippen LogP contribution in [0.25, 0.3) is 22.7 Å². The Morgan fingerprint density at radius 1 is 0.320 bits per heavy atom. The van der Waals surface area contributed by atoms with Crippen molar-refractivity contribution in [2.45, 2.75) is 84.7 Å². The van der Waals surface area contributed by atoms with Crippen LogP contribution in [0.4, 0.5) is 22.7 Å². The smallest absolute Gasteiger partial charge is 0.316 e. The fourth-order valence-corrected chi connectivity index (χ4v) is 19.6. The Bertz CT molecular complexity index is 7090. The Hall–Kier alpha value is -16.1. The Morgan fingerprint density at radius 2 is 0.680 bits per heavy atom. The number of nitrogens with zero attached hydrogens (tertiary/aromatic N) is 17. The third-order valence-corrected chi connectivity index (χ3v) is 27.9. The molecule has 774 valence electrons. The van der Waals surface area contributed by atoms with E-state index in [1.54, 1.807) is 37.1 Å². The molecule has 0 atom stereocenters. The highest BCUT2D eigenvalue weighted by Gasteiger charge is 2.32. The molecule has 31 nitrogen and oxygen atoms in total. The first-order chi connectivity index (χ1) is 73.8. The number of rotatable bonds is 32. The molecule has 6 aliphatic heterocycles. The first-order valence-electron chi connectivity index (χ1n) is 52.2. The molecule has 7 aliphatic rings. The Kier molecular flexibility index (Phi) is 35.2. The molecule has 10 aromatic carbocycles. The number of phenols is 1. The summed E-state index contributed by atoms with van der Waals surface area (Å²) in [4.78, 5) is 76.8. The van der Waals surface area contributed by atoms with E-state index >= 15 is 0 Å². The van der Waals surface area contributed by atoms with Crippen molar-refractivity contribution in [2.75, 3.05) is 177 Å². The lowest BCUT2D eigenvalue weighted by Gasteiger charge is -2.36. The summed E-state index contributed by atoms with van der Waals surface area (Å²) in [6.07, 6.45) is 19.1. The zero-order valence-electron chi connectivity index (χ0n) is 84.9. The summed E-state index contributed by atoms with van der Waals surface area (Å²) in [5.41, 5.74) is 12.6. The molecular weight excluding hydrogens is 1890 g/mol. The molecule has 150 heavy (non-hydrogen) atoms. The van der Waals surface area contributed by atoms with Crippen LogP contribution in [-0.4, -0.2) is 226 Å². The van der Waals surface area contributed by atoms with Crippen molar-refractivity contribution < 1.29 is 47.7 Å². The van der Waals surface area contributed by atoms with Crippen LogP contribution in [0.5, 0.6) is 57.5 Å². The number of ether oxygens (including phenoxy) is 9. The number of pyridine rings is 1. The van der Waals surface area contributed by atoms with Gasteiger partial charge in [0.05, 0.1) is 54.1 Å². The van der Waals surface area contributed by atoms with Crippen LogP contribution in [0.2, 0.25) is 0 Å². The summed E-state index contributed by atoms with van der Waals surface area (Å²) < 4.78 is 58.9. The minimum Gasteiger partial charge on any atom is -0.508 e. The summed E-state index contributed by atoms with van der Waals surface area (Å²) in [6, 6.07) is 89.6. The van der Waals surface area contributed by atoms with Gasteiger partial charge >= 0.3 is 22.2 Å². The average Bonchev–Trinajstić information content (AvgIpc) is 0.659. The number of aromatic nitrogens is 9. The Morgan fingerprint density at radius 3 is 1.11 bits per heavy atom. The molecule has 5 fully saturated rings. The summed E-state index contributed by atoms with van der Waals surface area (Å²) in [6.45, 7) is 22.6. The summed E-state index contributed by atoms with van der Waals surface area (Å²) in [5.74, 6) is 6.38. The van der Waals surface area contributed by atoms with Crippen molar-refractivity contribution >= 4 is 22.7 Å². The lowest BCUT2D eigenvalue weighted by atomic mass is 9.87. The van der Waals surface area contributed by atoms with E-state index < -0.39 is 0 Å². The number of aryl methyl sites for hydroxylation is 1. The fraction of sp³-hybridized carbons (Fsp3) is 0.319. The first-order valence-corrected chi connectivity index (χ1v) is 52.2. The van der Waals surface area contributed by atoms with E-state index in [0.29, 0.717) is 117 Å². The van der Waals surface area contributed by atoms with Gasteiger partial charge in [-0.15, -0.1) is 0 Å². The second-order valence-electron chi connectivity index (χ2n) is 38.2. The predicted molar refractivity (Wildman–Crippen MR) is 582 cm³/mol. The molecule has 0 radical (unpaired) electrons. The molecule has 0 bridgehead atoms. The maximum Gasteiger partial charge on any atom is 0.316 e. The van der Waals surface area contributed by atoms with Gasteiger partial charge in [0, 0.05) is 154 Å². The quantitative estimate of drug-likeness (QED) is 0.0383. The number of hydrogen-bond acceptors (Lipinski definition) is 27. The Balaban J connectivity index is 0.000000126. The van der Waals surface area contributed by atoms with Crippen molar-refractivity contribution in [1.29, 1.82) is 0 Å². The number of anilines is 4. The number of piperazine rings is 4. The van der Waals surface area contributed by atoms with E-state index in [4.69, 9.17) is 42.6 Å². The number of aromatic hydroxyl groups is 1. The van der Waals surface area contributed by atoms with Gasteiger partial charge in [-0.2, -0.15) is 39.1 Å². The first kappa shape index (κ1) is 103. The third kappa shape index (κ3) is 27.1. The largest absolute Gasteiger partial charge is 0.508 e. The predicted octanol–water partition coefficient (Wildman–Crippen LogP) is 16.2. The van der Waals surface area contributed by atoms with Crippen LogP contribution in [0.3, 0.4) is 0 Å². The van der Waals surface area contributed by atoms with Gasteiger partial charge in [-0.3, -0.25) is 43.8 Å². The van der Waals surface area contributed by atoms with Crippen molar-refractivity contribution in [3.05, 3.63) is 397 Å². The minimum atomic E-state index is -0.297. The minimum absolute atomic E-state index is 0.172. The molecule has 0 spiro atoms. The van der Waals surface area contributed by atoms with E-state index in [2.05, 4.69) is 120 Å². The molecule has 15 aromatic rings. The van der Waals surface area contributed by atoms with Gasteiger partial charge in [-0.25, -0.2) is 0 Å². The maximum atomic E-state index is 13.6. The highest BCUT2D eigenvalue weighted by Crippen LogP contribution is 2.37. The summed E-state index contributed by atoms with van der Waals surface area (Å²) in [7, 11) is 0. The number of fused-ring (bicyclic) bond motifs is 2. The van der Waals surface area contributed by atoms with Crippen LogP contribution in [0, 0.1) is 12.8 Å². The molecular formula is C119H129N17O14. The van der Waals surface area contributed by atoms with E-state index in [1.165, 1.54) is 73.1 Å². The van der Waals surface area contributed by atoms with E-state index in [0.717, 1.165) is 187 Å². The van der Waals surface area contributed by atoms with Crippen LogP contribution in [-0.2, 0) is 39.3 Å². The highest BCUT2D eigenvalue weighted by molar-refractivity contribution is 5.61. The second kappa shape index (κ2) is 51.5. The van der Waals surface area contributed by atoms with E-state index in [1.807, 2.05) is 231 Å². The Labute approximate surface area is 873 Å². The molecule has 31 heteroatoms. The van der Waals surface area contributed by atoms with Crippen LogP contribution >= 0.6 is 0 Å². The number of para-hydroxylation sites is 6. The summed E-state index contributed by atoms with van der Waals surface area (Å²) >= 11 is 0. The van der Waals surface area contributed by atoms with Gasteiger partial charge in [0.15, 0.2) is 23.0 Å². The van der Waals surface area contributed by atoms with Gasteiger partial charge in [0.25, 0.3) is 0 Å². The van der Waals surface area contributed by atoms with Crippen molar-refractivity contribution in [2.24, 2.45) is 5.92 Å². The lowest BCUT2D eigenvalue weighted by Crippen LogP contribution is -2.47. The van der Waals surface area contributed by atoms with E-state index in [9.17, 15) is 24.3 Å². The standard InChI is InChI=1S/C31H32N4O5.C31H40N4O2.C30H30N4O4.C27H27N5O3/c36-31-30(40-20-17-37-26-9-5-2-6-10-26)27(22-32-35(31)25-7-3-1-4-8-25)34-15-13-33(14-16-34)23-24-11-12-28-29(21-24)39-19-18-38-28;1-25-12-14-27(15-13-25)16-18-33-19-21-34(22-20-33)29-24-32-35(28-10-6-3-7-11-28)31(36)30(29)37-23-17-26-8-4-2-5-9-26;35-30-29(38-22-23-7-3-1-4-8-23)26(20-31-34(30)25-9-5-2-6-10-25)33-15-13-32(14-16-33)21-24-11-12-27-28(19-24)37-18-17-36-27;33-25-11-5-4-8-22(25)19-30-13-15-31(16-14-30)24-18-29-32(23-9-2-1-3-10-23)27(34)26(24)35-20-21-7-6-12-28-17-21/h1-12,21-22H,13-20,23H2;3,6-7,10-15,24,26H,2,4-5,8-9,16-23H2,1H3;1-12,19-20H,13-18,21-22H2;1-12,17-18,33H,13-16,19-20H2. The van der Waals surface area contributed by atoms with Gasteiger partial charge in [-0.1, -0.05) is 220 Å². The van der Waals surface area contributed by atoms with Gasteiger partial charge in [0.2, 0.25) is 23.0 Å². The normalized spacial score (nSPS) is 15.4. The van der Waals surface area contributed by atoms with Crippen molar-refractivity contribution in [3.63, 3.8) is 0 Å². The van der Waals surface area contributed by atoms with Crippen molar-refractivity contribution in [3.8, 4) is 80.2 Å². The highest BCUT2D eigenvalue weighted by atomic mass is 16.6. The zero-order chi connectivity index (χ0) is 102. The maximum absolute atomic E-state index is 13.6.